The summed E-state index contributed by atoms with van der Waals surface area (Å²) in [7, 11) is 0. The third kappa shape index (κ3) is 3.36. The van der Waals surface area contributed by atoms with Gasteiger partial charge in [-0.05, 0) is 61.4 Å². The molecule has 1 amide bonds. The van der Waals surface area contributed by atoms with E-state index in [4.69, 9.17) is 4.74 Å². The minimum Gasteiger partial charge on any atom is -0.376 e. The van der Waals surface area contributed by atoms with Gasteiger partial charge < -0.3 is 14.6 Å². The van der Waals surface area contributed by atoms with Crippen molar-refractivity contribution in [3.63, 3.8) is 0 Å². The average Bonchev–Trinajstić information content (AvgIpc) is 3.12. The lowest BCUT2D eigenvalue weighted by Gasteiger charge is -2.28. The van der Waals surface area contributed by atoms with Crippen molar-refractivity contribution in [1.82, 2.24) is 14.9 Å². The maximum atomic E-state index is 12.8. The van der Waals surface area contributed by atoms with E-state index >= 15 is 0 Å². The van der Waals surface area contributed by atoms with Crippen molar-refractivity contribution in [3.05, 3.63) is 54.1 Å². The molecule has 1 aliphatic carbocycles. The molecule has 24 heavy (non-hydrogen) atoms. The third-order valence-electron chi connectivity index (χ3n) is 5.01. The van der Waals surface area contributed by atoms with Gasteiger partial charge in [-0.2, -0.15) is 0 Å². The Morgan fingerprint density at radius 1 is 1.25 bits per heavy atom. The summed E-state index contributed by atoms with van der Waals surface area (Å²) in [6.45, 7) is 1.59. The molecule has 1 saturated heterocycles. The molecule has 0 unspecified atom stereocenters. The molecule has 2 aliphatic rings. The third-order valence-corrected chi connectivity index (χ3v) is 5.01. The second-order valence-corrected chi connectivity index (χ2v) is 6.81. The van der Waals surface area contributed by atoms with Gasteiger partial charge in [0, 0.05) is 31.7 Å². The van der Waals surface area contributed by atoms with Crippen LogP contribution >= 0.6 is 0 Å². The second-order valence-electron chi connectivity index (χ2n) is 6.81. The predicted molar refractivity (Wildman–Crippen MR) is 90.6 cm³/mol. The first-order valence-electron chi connectivity index (χ1n) is 8.76. The maximum Gasteiger partial charge on any atom is 0.270 e. The summed E-state index contributed by atoms with van der Waals surface area (Å²) < 4.78 is 6.19. The normalized spacial score (nSPS) is 23.6. The van der Waals surface area contributed by atoms with Crippen LogP contribution in [0.3, 0.4) is 0 Å². The molecule has 1 saturated carbocycles. The van der Waals surface area contributed by atoms with Crippen molar-refractivity contribution in [2.75, 3.05) is 13.2 Å². The molecule has 5 nitrogen and oxygen atoms in total. The highest BCUT2D eigenvalue weighted by Crippen LogP contribution is 2.32. The summed E-state index contributed by atoms with van der Waals surface area (Å²) in [5.41, 5.74) is 1.85. The second kappa shape index (κ2) is 6.77. The van der Waals surface area contributed by atoms with E-state index in [1.165, 1.54) is 18.4 Å². The van der Waals surface area contributed by atoms with E-state index in [0.29, 0.717) is 5.69 Å². The van der Waals surface area contributed by atoms with Crippen LogP contribution in [-0.2, 0) is 11.2 Å². The van der Waals surface area contributed by atoms with Crippen LogP contribution in [0, 0.1) is 5.92 Å². The Hall–Kier alpha value is -2.14. The van der Waals surface area contributed by atoms with Gasteiger partial charge in [0.25, 0.3) is 5.91 Å². The van der Waals surface area contributed by atoms with Crippen LogP contribution in [0.5, 0.6) is 0 Å². The number of likely N-dealkylation sites (tertiary alicyclic amines) is 1. The molecule has 2 atom stereocenters. The number of aromatic amines is 1. The molecule has 2 aromatic rings. The van der Waals surface area contributed by atoms with Gasteiger partial charge in [-0.1, -0.05) is 0 Å². The topological polar surface area (TPSA) is 58.2 Å². The first-order chi connectivity index (χ1) is 11.8. The number of nitrogens with zero attached hydrogens (tertiary/aromatic N) is 2. The lowest BCUT2D eigenvalue weighted by atomic mass is 10.0. The summed E-state index contributed by atoms with van der Waals surface area (Å²) in [5, 5.41) is 0. The quantitative estimate of drug-likeness (QED) is 0.888. The van der Waals surface area contributed by atoms with E-state index in [1.54, 1.807) is 6.20 Å². The zero-order chi connectivity index (χ0) is 16.4. The van der Waals surface area contributed by atoms with Gasteiger partial charge in [0.2, 0.25) is 0 Å². The Labute approximate surface area is 142 Å². The monoisotopic (exact) mass is 325 g/mol. The minimum atomic E-state index is 0.0663. The summed E-state index contributed by atoms with van der Waals surface area (Å²) >= 11 is 0. The largest absolute Gasteiger partial charge is 0.376 e. The van der Waals surface area contributed by atoms with Crippen LogP contribution in [0.4, 0.5) is 0 Å². The van der Waals surface area contributed by atoms with Crippen molar-refractivity contribution >= 4 is 5.91 Å². The molecular weight excluding hydrogens is 302 g/mol. The fourth-order valence-corrected chi connectivity index (χ4v) is 3.44. The van der Waals surface area contributed by atoms with Gasteiger partial charge in [-0.3, -0.25) is 9.78 Å². The zero-order valence-corrected chi connectivity index (χ0v) is 13.7. The summed E-state index contributed by atoms with van der Waals surface area (Å²) in [5.74, 6) is 0.802. The number of aromatic nitrogens is 2. The van der Waals surface area contributed by atoms with Gasteiger partial charge in [-0.15, -0.1) is 0 Å². The number of ether oxygens (including phenoxy) is 1. The number of hydrogen-bond donors (Lipinski definition) is 1. The van der Waals surface area contributed by atoms with Gasteiger partial charge in [0.05, 0.1) is 12.1 Å². The fraction of sp³-hybridized carbons (Fsp3) is 0.474. The Kier molecular flexibility index (Phi) is 4.34. The van der Waals surface area contributed by atoms with Crippen LogP contribution in [0.25, 0.3) is 0 Å². The van der Waals surface area contributed by atoms with Crippen LogP contribution < -0.4 is 0 Å². The van der Waals surface area contributed by atoms with E-state index in [9.17, 15) is 4.79 Å². The Morgan fingerprint density at radius 3 is 2.79 bits per heavy atom. The van der Waals surface area contributed by atoms with Gasteiger partial charge >= 0.3 is 0 Å². The standard InChI is InChI=1S/C19H23N3O2/c23-19(16-2-1-8-21-16)22-11-7-18(24-13-15-3-4-15)17(22)12-14-5-9-20-10-6-14/h1-2,5-6,8-10,15,17-18,21H,3-4,7,11-13H2/t17-,18-/m1/s1. The van der Waals surface area contributed by atoms with E-state index in [-0.39, 0.29) is 18.1 Å². The fourth-order valence-electron chi connectivity index (χ4n) is 3.44. The lowest BCUT2D eigenvalue weighted by Crippen LogP contribution is -2.42. The molecule has 3 heterocycles. The van der Waals surface area contributed by atoms with Crippen molar-refractivity contribution < 1.29 is 9.53 Å². The highest BCUT2D eigenvalue weighted by atomic mass is 16.5. The van der Waals surface area contributed by atoms with Crippen molar-refractivity contribution in [3.8, 4) is 0 Å². The van der Waals surface area contributed by atoms with E-state index < -0.39 is 0 Å². The highest BCUT2D eigenvalue weighted by molar-refractivity contribution is 5.92. The smallest absolute Gasteiger partial charge is 0.270 e. The summed E-state index contributed by atoms with van der Waals surface area (Å²) in [4.78, 5) is 21.9. The molecular formula is C19H23N3O2. The predicted octanol–water partition coefficient (Wildman–Crippen LogP) is 2.66. The van der Waals surface area contributed by atoms with Gasteiger partial charge in [0.1, 0.15) is 5.69 Å². The number of amides is 1. The van der Waals surface area contributed by atoms with Crippen molar-refractivity contribution in [2.24, 2.45) is 5.92 Å². The lowest BCUT2D eigenvalue weighted by molar-refractivity contribution is 0.0199. The Balaban J connectivity index is 1.51. The highest BCUT2D eigenvalue weighted by Gasteiger charge is 2.39. The van der Waals surface area contributed by atoms with Crippen LogP contribution in [0.15, 0.2) is 42.9 Å². The zero-order valence-electron chi connectivity index (χ0n) is 13.7. The van der Waals surface area contributed by atoms with Gasteiger partial charge in [0.15, 0.2) is 0 Å². The molecule has 4 rings (SSSR count). The van der Waals surface area contributed by atoms with Crippen LogP contribution in [-0.4, -0.2) is 46.1 Å². The van der Waals surface area contributed by atoms with E-state index in [2.05, 4.69) is 9.97 Å². The minimum absolute atomic E-state index is 0.0663. The Bertz CT molecular complexity index is 667. The number of nitrogens with one attached hydrogen (secondary N) is 1. The number of H-pyrrole nitrogens is 1. The average molecular weight is 325 g/mol. The first-order valence-corrected chi connectivity index (χ1v) is 8.76. The molecule has 0 spiro atoms. The molecule has 2 fully saturated rings. The maximum absolute atomic E-state index is 12.8. The van der Waals surface area contributed by atoms with Crippen molar-refractivity contribution in [1.29, 1.82) is 0 Å². The number of rotatable bonds is 6. The molecule has 0 radical (unpaired) electrons. The summed E-state index contributed by atoms with van der Waals surface area (Å²) in [6.07, 6.45) is 9.82. The molecule has 126 valence electrons. The molecule has 1 aliphatic heterocycles. The molecule has 2 aromatic heterocycles. The summed E-state index contributed by atoms with van der Waals surface area (Å²) in [6, 6.07) is 7.83. The van der Waals surface area contributed by atoms with E-state index in [0.717, 1.165) is 31.9 Å². The number of pyridine rings is 1. The molecule has 1 N–H and O–H groups in total. The number of carbonyl (C=O) groups is 1. The number of hydrogen-bond acceptors (Lipinski definition) is 3. The van der Waals surface area contributed by atoms with Gasteiger partial charge in [-0.25, -0.2) is 0 Å². The SMILES string of the molecule is O=C(c1ccc[nH]1)N1CC[C@@H](OCC2CC2)[C@H]1Cc1ccncc1. The Morgan fingerprint density at radius 2 is 2.08 bits per heavy atom. The molecule has 0 aromatic carbocycles. The molecule has 0 bridgehead atoms. The molecule has 5 heteroatoms. The van der Waals surface area contributed by atoms with Crippen LogP contribution in [0.2, 0.25) is 0 Å². The first kappa shape index (κ1) is 15.4. The van der Waals surface area contributed by atoms with E-state index in [1.807, 2.05) is 41.6 Å². The van der Waals surface area contributed by atoms with Crippen LogP contribution in [0.1, 0.15) is 35.3 Å². The van der Waals surface area contributed by atoms with Crippen molar-refractivity contribution in [2.45, 2.75) is 37.8 Å². The number of carbonyl (C=O) groups excluding carboxylic acids is 1.